The average molecular weight is 302 g/mol. The van der Waals surface area contributed by atoms with E-state index in [2.05, 4.69) is 23.7 Å². The van der Waals surface area contributed by atoms with E-state index in [1.54, 1.807) is 11.3 Å². The Morgan fingerprint density at radius 1 is 1.19 bits per heavy atom. The van der Waals surface area contributed by atoms with Crippen LogP contribution in [0.1, 0.15) is 35.5 Å². The largest absolute Gasteiger partial charge is 0.383 e. The predicted octanol–water partition coefficient (Wildman–Crippen LogP) is 3.12. The highest BCUT2D eigenvalue weighted by Crippen LogP contribution is 2.38. The number of aromatic nitrogens is 2. The second kappa shape index (κ2) is 4.92. The lowest BCUT2D eigenvalue weighted by Gasteiger charge is -2.15. The first-order valence-corrected chi connectivity index (χ1v) is 8.68. The fourth-order valence-corrected chi connectivity index (χ4v) is 5.11. The van der Waals surface area contributed by atoms with E-state index in [9.17, 15) is 0 Å². The molecule has 0 aromatic carbocycles. The number of nitrogens with two attached hydrogens (primary N) is 1. The van der Waals surface area contributed by atoms with Crippen LogP contribution in [-0.2, 0) is 6.54 Å². The molecule has 2 aromatic rings. The van der Waals surface area contributed by atoms with Gasteiger partial charge in [-0.2, -0.15) is 0 Å². The zero-order valence-electron chi connectivity index (χ0n) is 12.7. The molecule has 2 aliphatic rings. The van der Waals surface area contributed by atoms with Crippen molar-refractivity contribution in [2.75, 3.05) is 18.8 Å². The molecule has 4 nitrogen and oxygen atoms in total. The zero-order valence-corrected chi connectivity index (χ0v) is 13.5. The third kappa shape index (κ3) is 2.23. The summed E-state index contributed by atoms with van der Waals surface area (Å²) in [4.78, 5) is 14.2. The second-order valence-corrected chi connectivity index (χ2v) is 7.84. The summed E-state index contributed by atoms with van der Waals surface area (Å²) in [7, 11) is 0. The fourth-order valence-electron chi connectivity index (χ4n) is 4.06. The third-order valence-corrected chi connectivity index (χ3v) is 6.37. The lowest BCUT2D eigenvalue weighted by Crippen LogP contribution is -2.22. The van der Waals surface area contributed by atoms with Gasteiger partial charge in [-0.05, 0) is 44.1 Å². The third-order valence-electron chi connectivity index (χ3n) is 5.27. The van der Waals surface area contributed by atoms with Crippen molar-refractivity contribution in [2.45, 2.75) is 39.7 Å². The van der Waals surface area contributed by atoms with Crippen molar-refractivity contribution in [3.63, 3.8) is 0 Å². The molecular weight excluding hydrogens is 280 g/mol. The minimum absolute atomic E-state index is 0.649. The first-order valence-electron chi connectivity index (χ1n) is 7.86. The highest BCUT2D eigenvalue weighted by Gasteiger charge is 2.36. The lowest BCUT2D eigenvalue weighted by atomic mass is 10.0. The van der Waals surface area contributed by atoms with Crippen LogP contribution in [0.2, 0.25) is 0 Å². The van der Waals surface area contributed by atoms with Crippen molar-refractivity contribution in [1.82, 2.24) is 14.9 Å². The number of fused-ring (bicyclic) bond motifs is 2. The van der Waals surface area contributed by atoms with Gasteiger partial charge in [-0.3, -0.25) is 4.90 Å². The molecule has 0 bridgehead atoms. The second-order valence-electron chi connectivity index (χ2n) is 6.63. The van der Waals surface area contributed by atoms with Gasteiger partial charge < -0.3 is 5.73 Å². The van der Waals surface area contributed by atoms with Crippen LogP contribution >= 0.6 is 11.3 Å². The summed E-state index contributed by atoms with van der Waals surface area (Å²) >= 11 is 1.73. The Bertz CT molecular complexity index is 681. The van der Waals surface area contributed by atoms with E-state index in [1.165, 1.54) is 42.8 Å². The molecule has 112 valence electrons. The van der Waals surface area contributed by atoms with Gasteiger partial charge in [-0.15, -0.1) is 11.3 Å². The van der Waals surface area contributed by atoms with Crippen molar-refractivity contribution in [1.29, 1.82) is 0 Å². The Labute approximate surface area is 129 Å². The summed E-state index contributed by atoms with van der Waals surface area (Å²) in [6, 6.07) is 0. The Morgan fingerprint density at radius 2 is 1.90 bits per heavy atom. The van der Waals surface area contributed by atoms with Crippen LogP contribution < -0.4 is 5.73 Å². The van der Waals surface area contributed by atoms with E-state index in [4.69, 9.17) is 10.7 Å². The van der Waals surface area contributed by atoms with Gasteiger partial charge in [0.25, 0.3) is 0 Å². The number of thiophene rings is 1. The van der Waals surface area contributed by atoms with Crippen molar-refractivity contribution in [2.24, 2.45) is 11.8 Å². The van der Waals surface area contributed by atoms with Crippen LogP contribution in [0.25, 0.3) is 10.2 Å². The molecular formula is C16H22N4S. The van der Waals surface area contributed by atoms with Crippen molar-refractivity contribution in [3.05, 3.63) is 16.3 Å². The summed E-state index contributed by atoms with van der Waals surface area (Å²) in [5.41, 5.74) is 7.41. The van der Waals surface area contributed by atoms with Crippen LogP contribution in [0.3, 0.4) is 0 Å². The quantitative estimate of drug-likeness (QED) is 0.926. The first-order chi connectivity index (χ1) is 10.1. The molecule has 5 heteroatoms. The van der Waals surface area contributed by atoms with Gasteiger partial charge in [0, 0.05) is 18.0 Å². The van der Waals surface area contributed by atoms with Gasteiger partial charge in [0.2, 0.25) is 0 Å². The van der Waals surface area contributed by atoms with Gasteiger partial charge >= 0.3 is 0 Å². The Hall–Kier alpha value is -1.20. The fraction of sp³-hybridized carbons (Fsp3) is 0.625. The molecule has 0 spiro atoms. The molecule has 2 aromatic heterocycles. The topological polar surface area (TPSA) is 55.0 Å². The number of nitrogen functional groups attached to an aromatic ring is 1. The Morgan fingerprint density at radius 3 is 2.62 bits per heavy atom. The highest BCUT2D eigenvalue weighted by molar-refractivity contribution is 7.18. The van der Waals surface area contributed by atoms with Crippen molar-refractivity contribution >= 4 is 27.4 Å². The molecule has 2 atom stereocenters. The first kappa shape index (κ1) is 13.5. The summed E-state index contributed by atoms with van der Waals surface area (Å²) in [6.45, 7) is 7.52. The van der Waals surface area contributed by atoms with E-state index < -0.39 is 0 Å². The van der Waals surface area contributed by atoms with E-state index >= 15 is 0 Å². The number of hydrogen-bond donors (Lipinski definition) is 1. The maximum Gasteiger partial charge on any atom is 0.146 e. The van der Waals surface area contributed by atoms with Crippen LogP contribution in [0, 0.1) is 25.7 Å². The normalized spacial score (nSPS) is 25.8. The molecule has 4 rings (SSSR count). The van der Waals surface area contributed by atoms with Gasteiger partial charge in [-0.1, -0.05) is 6.42 Å². The highest BCUT2D eigenvalue weighted by atomic mass is 32.1. The summed E-state index contributed by atoms with van der Waals surface area (Å²) in [5.74, 6) is 3.37. The minimum Gasteiger partial charge on any atom is -0.383 e. The van der Waals surface area contributed by atoms with E-state index in [1.807, 2.05) is 0 Å². The number of hydrogen-bond acceptors (Lipinski definition) is 5. The van der Waals surface area contributed by atoms with Crippen LogP contribution in [0.4, 0.5) is 5.82 Å². The smallest absolute Gasteiger partial charge is 0.146 e. The lowest BCUT2D eigenvalue weighted by molar-refractivity contribution is 0.296. The molecule has 0 amide bonds. The summed E-state index contributed by atoms with van der Waals surface area (Å²) in [6.07, 6.45) is 4.24. The van der Waals surface area contributed by atoms with Crippen LogP contribution in [0.5, 0.6) is 0 Å². The monoisotopic (exact) mass is 302 g/mol. The number of rotatable bonds is 2. The molecule has 2 fully saturated rings. The number of nitrogens with zero attached hydrogens (tertiary/aromatic N) is 3. The van der Waals surface area contributed by atoms with Gasteiger partial charge in [0.05, 0.1) is 11.9 Å². The molecule has 2 N–H and O–H groups in total. The van der Waals surface area contributed by atoms with Gasteiger partial charge in [-0.25, -0.2) is 9.97 Å². The number of aryl methyl sites for hydroxylation is 2. The number of likely N-dealkylation sites (tertiary alicyclic amines) is 1. The summed E-state index contributed by atoms with van der Waals surface area (Å²) < 4.78 is 0. The number of anilines is 1. The van der Waals surface area contributed by atoms with Gasteiger partial charge in [0.15, 0.2) is 0 Å². The van der Waals surface area contributed by atoms with Crippen LogP contribution in [0.15, 0.2) is 0 Å². The zero-order chi connectivity index (χ0) is 14.6. The molecule has 1 aliphatic carbocycles. The molecule has 0 radical (unpaired) electrons. The average Bonchev–Trinajstić information content (AvgIpc) is 3.04. The maximum absolute atomic E-state index is 6.17. The molecule has 21 heavy (non-hydrogen) atoms. The van der Waals surface area contributed by atoms with Crippen LogP contribution in [-0.4, -0.2) is 28.0 Å². The standard InChI is InChI=1S/C16H22N4S/c1-9-10(2)21-16-14(9)15(17)18-13(19-16)8-20-6-11-4-3-5-12(11)7-20/h11-12H,3-8H2,1-2H3,(H2,17,18,19). The molecule has 3 heterocycles. The van der Waals surface area contributed by atoms with Gasteiger partial charge in [0.1, 0.15) is 16.5 Å². The predicted molar refractivity (Wildman–Crippen MR) is 87.4 cm³/mol. The van der Waals surface area contributed by atoms with E-state index in [0.717, 1.165) is 34.4 Å². The van der Waals surface area contributed by atoms with E-state index in [0.29, 0.717) is 5.82 Å². The van der Waals surface area contributed by atoms with Crippen molar-refractivity contribution in [3.8, 4) is 0 Å². The van der Waals surface area contributed by atoms with Crippen molar-refractivity contribution < 1.29 is 0 Å². The molecule has 1 saturated carbocycles. The molecule has 2 unspecified atom stereocenters. The molecule has 1 aliphatic heterocycles. The molecule has 1 saturated heterocycles. The SMILES string of the molecule is Cc1sc2nc(CN3CC4CCCC4C3)nc(N)c2c1C. The Kier molecular flexibility index (Phi) is 3.15. The summed E-state index contributed by atoms with van der Waals surface area (Å²) in [5, 5.41) is 1.06. The maximum atomic E-state index is 6.17. The minimum atomic E-state index is 0.649. The Balaban J connectivity index is 1.60. The van der Waals surface area contributed by atoms with E-state index in [-0.39, 0.29) is 0 Å².